The van der Waals surface area contributed by atoms with E-state index >= 15 is 0 Å². The van der Waals surface area contributed by atoms with E-state index in [1.165, 1.54) is 6.92 Å². The molecule has 0 aliphatic heterocycles. The second kappa shape index (κ2) is 7.91. The normalized spacial score (nSPS) is 12.0. The van der Waals surface area contributed by atoms with Crippen LogP contribution in [-0.2, 0) is 11.4 Å². The second-order valence-electron chi connectivity index (χ2n) is 6.01. The maximum atomic E-state index is 11.2. The largest absolute Gasteiger partial charge is 0.494 e. The fraction of sp³-hybridized carbons (Fsp3) is 0.300. The van der Waals surface area contributed by atoms with Gasteiger partial charge >= 0.3 is 0 Å². The van der Waals surface area contributed by atoms with Gasteiger partial charge in [0, 0.05) is 18.4 Å². The molecule has 1 unspecified atom stereocenters. The molecular formula is C20H22N2O4. The van der Waals surface area contributed by atoms with Gasteiger partial charge in [0.2, 0.25) is 5.91 Å². The maximum Gasteiger partial charge on any atom is 0.217 e. The van der Waals surface area contributed by atoms with Crippen molar-refractivity contribution in [2.75, 3.05) is 6.61 Å². The molecule has 1 atom stereocenters. The van der Waals surface area contributed by atoms with Crippen LogP contribution >= 0.6 is 0 Å². The Bertz CT molecular complexity index is 886. The first-order valence-corrected chi connectivity index (χ1v) is 8.57. The Morgan fingerprint density at radius 1 is 1.15 bits per heavy atom. The van der Waals surface area contributed by atoms with E-state index < -0.39 is 0 Å². The quantitative estimate of drug-likeness (QED) is 0.694. The first-order valence-electron chi connectivity index (χ1n) is 8.57. The number of fused-ring (bicyclic) bond motifs is 1. The molecule has 1 N–H and O–H groups in total. The van der Waals surface area contributed by atoms with Crippen LogP contribution in [0.1, 0.15) is 38.1 Å². The summed E-state index contributed by atoms with van der Waals surface area (Å²) in [6.45, 7) is 6.40. The average molecular weight is 354 g/mol. The highest BCUT2D eigenvalue weighted by Crippen LogP contribution is 2.27. The number of hydrogen-bond donors (Lipinski definition) is 1. The van der Waals surface area contributed by atoms with E-state index in [1.807, 2.05) is 50.2 Å². The first-order chi connectivity index (χ1) is 12.6. The lowest BCUT2D eigenvalue weighted by molar-refractivity contribution is -0.119. The Labute approximate surface area is 152 Å². The SMILES string of the molecule is CCOc1ccc(COc2ccc3c(C(C)NC(C)=O)noc3c2)cc1. The maximum absolute atomic E-state index is 11.2. The van der Waals surface area contributed by atoms with Crippen LogP contribution in [0, 0.1) is 0 Å². The van der Waals surface area contributed by atoms with Crippen LogP contribution in [-0.4, -0.2) is 17.7 Å². The summed E-state index contributed by atoms with van der Waals surface area (Å²) in [4.78, 5) is 11.2. The molecule has 3 aromatic rings. The predicted octanol–water partition coefficient (Wildman–Crippen LogP) is 4.00. The van der Waals surface area contributed by atoms with Gasteiger partial charge in [-0.2, -0.15) is 0 Å². The number of aromatic nitrogens is 1. The molecule has 136 valence electrons. The molecule has 0 spiro atoms. The molecule has 0 radical (unpaired) electrons. The minimum Gasteiger partial charge on any atom is -0.494 e. The Kier molecular flexibility index (Phi) is 5.41. The molecule has 0 aliphatic rings. The summed E-state index contributed by atoms with van der Waals surface area (Å²) < 4.78 is 16.7. The van der Waals surface area contributed by atoms with Crippen LogP contribution in [0.2, 0.25) is 0 Å². The summed E-state index contributed by atoms with van der Waals surface area (Å²) in [5.74, 6) is 1.44. The highest BCUT2D eigenvalue weighted by atomic mass is 16.5. The zero-order valence-corrected chi connectivity index (χ0v) is 15.1. The summed E-state index contributed by atoms with van der Waals surface area (Å²) in [5.41, 5.74) is 2.38. The van der Waals surface area contributed by atoms with E-state index in [-0.39, 0.29) is 11.9 Å². The molecule has 0 bridgehead atoms. The highest BCUT2D eigenvalue weighted by molar-refractivity contribution is 5.82. The summed E-state index contributed by atoms with van der Waals surface area (Å²) in [6, 6.07) is 13.2. The van der Waals surface area contributed by atoms with Crippen molar-refractivity contribution < 1.29 is 18.8 Å². The molecule has 6 heteroatoms. The minimum absolute atomic E-state index is 0.107. The molecule has 0 saturated heterocycles. The number of hydrogen-bond acceptors (Lipinski definition) is 5. The van der Waals surface area contributed by atoms with Gasteiger partial charge in [0.1, 0.15) is 23.8 Å². The topological polar surface area (TPSA) is 73.6 Å². The molecule has 0 fully saturated rings. The molecule has 0 aliphatic carbocycles. The molecule has 1 aromatic heterocycles. The van der Waals surface area contributed by atoms with E-state index in [4.69, 9.17) is 14.0 Å². The van der Waals surface area contributed by atoms with Crippen molar-refractivity contribution in [3.8, 4) is 11.5 Å². The molecule has 1 heterocycles. The zero-order valence-electron chi connectivity index (χ0n) is 15.1. The molecule has 1 amide bonds. The summed E-state index contributed by atoms with van der Waals surface area (Å²) in [6.07, 6.45) is 0. The number of nitrogens with zero attached hydrogens (tertiary/aromatic N) is 1. The van der Waals surface area contributed by atoms with Crippen molar-refractivity contribution in [1.29, 1.82) is 0 Å². The van der Waals surface area contributed by atoms with Gasteiger partial charge < -0.3 is 19.3 Å². The predicted molar refractivity (Wildman–Crippen MR) is 98.2 cm³/mol. The van der Waals surface area contributed by atoms with Gasteiger partial charge in [-0.3, -0.25) is 4.79 Å². The van der Waals surface area contributed by atoms with Gasteiger partial charge in [0.15, 0.2) is 5.58 Å². The Balaban J connectivity index is 1.68. The lowest BCUT2D eigenvalue weighted by Gasteiger charge is -2.09. The molecule has 3 rings (SSSR count). The Morgan fingerprint density at radius 3 is 2.58 bits per heavy atom. The summed E-state index contributed by atoms with van der Waals surface area (Å²) in [7, 11) is 0. The van der Waals surface area contributed by atoms with E-state index in [1.54, 1.807) is 6.07 Å². The number of carbonyl (C=O) groups excluding carboxylic acids is 1. The van der Waals surface area contributed by atoms with E-state index in [9.17, 15) is 4.79 Å². The van der Waals surface area contributed by atoms with E-state index in [0.29, 0.717) is 30.2 Å². The molecule has 2 aromatic carbocycles. The van der Waals surface area contributed by atoms with Crippen LogP contribution in [0.15, 0.2) is 47.0 Å². The van der Waals surface area contributed by atoms with Crippen molar-refractivity contribution in [2.24, 2.45) is 0 Å². The molecule has 6 nitrogen and oxygen atoms in total. The summed E-state index contributed by atoms with van der Waals surface area (Å²) >= 11 is 0. The van der Waals surface area contributed by atoms with Gasteiger partial charge in [-0.1, -0.05) is 17.3 Å². The number of nitrogens with one attached hydrogen (secondary N) is 1. The number of carbonyl (C=O) groups is 1. The van der Waals surface area contributed by atoms with E-state index in [0.717, 1.165) is 16.7 Å². The first kappa shape index (κ1) is 17.8. The van der Waals surface area contributed by atoms with Crippen molar-refractivity contribution in [1.82, 2.24) is 10.5 Å². The standard InChI is InChI=1S/C20H22N2O4/c1-4-24-16-7-5-15(6-8-16)12-25-17-9-10-18-19(11-17)26-22-20(18)13(2)21-14(3)23/h5-11,13H,4,12H2,1-3H3,(H,21,23). The fourth-order valence-corrected chi connectivity index (χ4v) is 2.73. The molecule has 26 heavy (non-hydrogen) atoms. The Hall–Kier alpha value is -3.02. The number of benzene rings is 2. The lowest BCUT2D eigenvalue weighted by Crippen LogP contribution is -2.23. The van der Waals surface area contributed by atoms with Crippen LogP contribution in [0.4, 0.5) is 0 Å². The van der Waals surface area contributed by atoms with Gasteiger partial charge in [0.05, 0.1) is 12.6 Å². The minimum atomic E-state index is -0.218. The highest BCUT2D eigenvalue weighted by Gasteiger charge is 2.16. The van der Waals surface area contributed by atoms with Crippen molar-refractivity contribution in [2.45, 2.75) is 33.4 Å². The third-order valence-corrected chi connectivity index (χ3v) is 3.94. The Morgan fingerprint density at radius 2 is 1.88 bits per heavy atom. The number of amides is 1. The van der Waals surface area contributed by atoms with Crippen molar-refractivity contribution >= 4 is 16.9 Å². The lowest BCUT2D eigenvalue weighted by atomic mass is 10.1. The van der Waals surface area contributed by atoms with Crippen molar-refractivity contribution in [3.05, 3.63) is 53.7 Å². The fourth-order valence-electron chi connectivity index (χ4n) is 2.73. The van der Waals surface area contributed by atoms with Crippen LogP contribution in [0.25, 0.3) is 11.0 Å². The van der Waals surface area contributed by atoms with Crippen LogP contribution < -0.4 is 14.8 Å². The van der Waals surface area contributed by atoms with Gasteiger partial charge in [-0.15, -0.1) is 0 Å². The molecule has 0 saturated carbocycles. The number of rotatable bonds is 7. The van der Waals surface area contributed by atoms with E-state index in [2.05, 4.69) is 10.5 Å². The number of ether oxygens (including phenoxy) is 2. The van der Waals surface area contributed by atoms with Crippen LogP contribution in [0.5, 0.6) is 11.5 Å². The van der Waals surface area contributed by atoms with Gasteiger partial charge in [-0.25, -0.2) is 0 Å². The molecular weight excluding hydrogens is 332 g/mol. The monoisotopic (exact) mass is 354 g/mol. The summed E-state index contributed by atoms with van der Waals surface area (Å²) in [5, 5.41) is 7.75. The van der Waals surface area contributed by atoms with Gasteiger partial charge in [0.25, 0.3) is 0 Å². The average Bonchev–Trinajstić information content (AvgIpc) is 3.04. The van der Waals surface area contributed by atoms with Crippen molar-refractivity contribution in [3.63, 3.8) is 0 Å². The van der Waals surface area contributed by atoms with Crippen LogP contribution in [0.3, 0.4) is 0 Å². The smallest absolute Gasteiger partial charge is 0.217 e. The third kappa shape index (κ3) is 4.14. The third-order valence-electron chi connectivity index (χ3n) is 3.94. The second-order valence-corrected chi connectivity index (χ2v) is 6.01. The zero-order chi connectivity index (χ0) is 18.5. The van der Waals surface area contributed by atoms with Gasteiger partial charge in [-0.05, 0) is 43.7 Å².